The zero-order valence-corrected chi connectivity index (χ0v) is 21.9. The second-order valence-electron chi connectivity index (χ2n) is 10.3. The summed E-state index contributed by atoms with van der Waals surface area (Å²) in [7, 11) is 1.66. The summed E-state index contributed by atoms with van der Waals surface area (Å²) in [6, 6.07) is 18.2. The molecular weight excluding hydrogens is 452 g/mol. The number of benzene rings is 2. The van der Waals surface area contributed by atoms with E-state index in [1.807, 2.05) is 42.5 Å². The van der Waals surface area contributed by atoms with Crippen molar-refractivity contribution in [3.63, 3.8) is 0 Å². The fourth-order valence-electron chi connectivity index (χ4n) is 5.08. The minimum absolute atomic E-state index is 0.00425. The van der Waals surface area contributed by atoms with Crippen LogP contribution >= 0.6 is 0 Å². The third-order valence-electron chi connectivity index (χ3n) is 7.32. The Bertz CT molecular complexity index is 982. The minimum atomic E-state index is -0.352. The van der Waals surface area contributed by atoms with Crippen LogP contribution in [0.4, 0.5) is 0 Å². The molecule has 5 nitrogen and oxygen atoms in total. The molecule has 0 amide bonds. The lowest BCUT2D eigenvalue weighted by Crippen LogP contribution is -2.31. The molecule has 0 unspecified atom stereocenters. The first-order valence-electron chi connectivity index (χ1n) is 13.3. The SMILES string of the molecule is COc1ccc(COCCC[C@H]2O[C@@H](C3=C[C@@H](C(C)C)CC[C@@H]3OCc3ccccc3)CC2=O)cc1. The summed E-state index contributed by atoms with van der Waals surface area (Å²) in [5.74, 6) is 2.10. The quantitative estimate of drug-likeness (QED) is 0.257. The molecule has 36 heavy (non-hydrogen) atoms. The lowest BCUT2D eigenvalue weighted by molar-refractivity contribution is -0.123. The average Bonchev–Trinajstić information content (AvgIpc) is 3.28. The molecule has 2 aromatic rings. The Balaban J connectivity index is 1.28. The predicted molar refractivity (Wildman–Crippen MR) is 141 cm³/mol. The zero-order valence-electron chi connectivity index (χ0n) is 21.9. The van der Waals surface area contributed by atoms with Gasteiger partial charge in [-0.25, -0.2) is 0 Å². The highest BCUT2D eigenvalue weighted by Crippen LogP contribution is 2.37. The maximum atomic E-state index is 12.8. The largest absolute Gasteiger partial charge is 0.497 e. The Morgan fingerprint density at radius 3 is 2.44 bits per heavy atom. The van der Waals surface area contributed by atoms with Gasteiger partial charge in [-0.15, -0.1) is 0 Å². The van der Waals surface area contributed by atoms with Crippen LogP contribution < -0.4 is 4.74 Å². The van der Waals surface area contributed by atoms with Crippen LogP contribution in [0.25, 0.3) is 0 Å². The summed E-state index contributed by atoms with van der Waals surface area (Å²) in [6.07, 6.45) is 5.83. The number of hydrogen-bond acceptors (Lipinski definition) is 5. The van der Waals surface area contributed by atoms with Crippen LogP contribution in [-0.2, 0) is 32.2 Å². The Morgan fingerprint density at radius 1 is 0.972 bits per heavy atom. The minimum Gasteiger partial charge on any atom is -0.497 e. The maximum Gasteiger partial charge on any atom is 0.164 e. The molecule has 0 bridgehead atoms. The lowest BCUT2D eigenvalue weighted by Gasteiger charge is -2.33. The van der Waals surface area contributed by atoms with E-state index in [9.17, 15) is 4.79 Å². The maximum absolute atomic E-state index is 12.8. The van der Waals surface area contributed by atoms with Crippen LogP contribution in [0.15, 0.2) is 66.2 Å². The van der Waals surface area contributed by atoms with Crippen LogP contribution in [0, 0.1) is 11.8 Å². The molecule has 0 spiro atoms. The second kappa shape index (κ2) is 13.2. The molecule has 0 N–H and O–H groups in total. The van der Waals surface area contributed by atoms with Crippen molar-refractivity contribution in [3.05, 3.63) is 77.4 Å². The number of hydrogen-bond donors (Lipinski definition) is 0. The van der Waals surface area contributed by atoms with E-state index >= 15 is 0 Å². The molecule has 1 aliphatic carbocycles. The highest BCUT2D eigenvalue weighted by Gasteiger charge is 2.39. The van der Waals surface area contributed by atoms with E-state index in [1.165, 1.54) is 11.1 Å². The zero-order chi connectivity index (χ0) is 25.3. The van der Waals surface area contributed by atoms with Crippen LogP contribution in [0.5, 0.6) is 5.75 Å². The van der Waals surface area contributed by atoms with E-state index in [0.717, 1.165) is 30.6 Å². The van der Waals surface area contributed by atoms with Gasteiger partial charge in [0.15, 0.2) is 5.78 Å². The number of carbonyl (C=O) groups is 1. The molecular formula is C31H40O5. The molecule has 5 heteroatoms. The average molecular weight is 493 g/mol. The van der Waals surface area contributed by atoms with Gasteiger partial charge in [-0.3, -0.25) is 4.79 Å². The topological polar surface area (TPSA) is 54.0 Å². The summed E-state index contributed by atoms with van der Waals surface area (Å²) in [6.45, 7) is 6.25. The Morgan fingerprint density at radius 2 is 1.72 bits per heavy atom. The van der Waals surface area contributed by atoms with Gasteiger partial charge in [-0.1, -0.05) is 62.4 Å². The van der Waals surface area contributed by atoms with Gasteiger partial charge in [0.05, 0.1) is 32.5 Å². The predicted octanol–water partition coefficient (Wildman–Crippen LogP) is 6.30. The van der Waals surface area contributed by atoms with Crippen molar-refractivity contribution < 1.29 is 23.7 Å². The number of ketones is 1. The number of Topliss-reactive ketones (excluding diaryl/α,β-unsaturated/α-hetero) is 1. The van der Waals surface area contributed by atoms with Gasteiger partial charge in [0.25, 0.3) is 0 Å². The van der Waals surface area contributed by atoms with Crippen molar-refractivity contribution in [3.8, 4) is 5.75 Å². The molecule has 0 aromatic heterocycles. The van der Waals surface area contributed by atoms with Crippen LogP contribution in [0.1, 0.15) is 57.1 Å². The van der Waals surface area contributed by atoms with Gasteiger partial charge >= 0.3 is 0 Å². The van der Waals surface area contributed by atoms with Crippen LogP contribution in [-0.4, -0.2) is 37.8 Å². The van der Waals surface area contributed by atoms with Gasteiger partial charge in [0, 0.05) is 13.0 Å². The van der Waals surface area contributed by atoms with Crippen molar-refractivity contribution in [2.24, 2.45) is 11.8 Å². The smallest absolute Gasteiger partial charge is 0.164 e. The number of carbonyl (C=O) groups excluding carboxylic acids is 1. The summed E-state index contributed by atoms with van der Waals surface area (Å²) in [5, 5.41) is 0. The molecule has 1 aliphatic heterocycles. The van der Waals surface area contributed by atoms with E-state index in [-0.39, 0.29) is 24.1 Å². The second-order valence-corrected chi connectivity index (χ2v) is 10.3. The van der Waals surface area contributed by atoms with E-state index in [4.69, 9.17) is 18.9 Å². The molecule has 1 heterocycles. The standard InChI is InChI=1S/C31H40O5/c1-22(2)25-13-16-29(35-21-23-8-5-4-6-9-23)27(18-25)31-19-28(32)30(36-31)10-7-17-34-20-24-11-14-26(33-3)15-12-24/h4-6,8-9,11-12,14-15,18,22,25,29-31H,7,10,13,16-17,19-21H2,1-3H3/t25-,29-,30+,31+/m0/s1. The van der Waals surface area contributed by atoms with E-state index < -0.39 is 0 Å². The Labute approximate surface area is 215 Å². The van der Waals surface area contributed by atoms with Gasteiger partial charge in [0.1, 0.15) is 11.9 Å². The van der Waals surface area contributed by atoms with Crippen molar-refractivity contribution >= 4 is 5.78 Å². The molecule has 2 aliphatic rings. The highest BCUT2D eigenvalue weighted by molar-refractivity contribution is 5.85. The molecule has 194 valence electrons. The highest BCUT2D eigenvalue weighted by atomic mass is 16.5. The van der Waals surface area contributed by atoms with Crippen molar-refractivity contribution in [1.29, 1.82) is 0 Å². The van der Waals surface area contributed by atoms with Gasteiger partial charge in [-0.2, -0.15) is 0 Å². The lowest BCUT2D eigenvalue weighted by atomic mass is 9.80. The first-order valence-corrected chi connectivity index (χ1v) is 13.3. The Hall–Kier alpha value is -2.47. The van der Waals surface area contributed by atoms with E-state index in [2.05, 4.69) is 32.1 Å². The first kappa shape index (κ1) is 26.6. The van der Waals surface area contributed by atoms with Crippen molar-refractivity contribution in [1.82, 2.24) is 0 Å². The van der Waals surface area contributed by atoms with Crippen LogP contribution in [0.3, 0.4) is 0 Å². The normalized spacial score (nSPS) is 24.2. The molecule has 0 saturated carbocycles. The molecule has 4 atom stereocenters. The Kier molecular flexibility index (Phi) is 9.74. The monoisotopic (exact) mass is 492 g/mol. The first-order chi connectivity index (χ1) is 17.5. The third kappa shape index (κ3) is 7.28. The molecule has 4 rings (SSSR count). The summed E-state index contributed by atoms with van der Waals surface area (Å²) < 4.78 is 23.7. The van der Waals surface area contributed by atoms with Crippen LogP contribution in [0.2, 0.25) is 0 Å². The van der Waals surface area contributed by atoms with Crippen molar-refractivity contribution in [2.45, 2.75) is 77.5 Å². The summed E-state index contributed by atoms with van der Waals surface area (Å²) in [5.41, 5.74) is 3.44. The molecule has 2 aromatic carbocycles. The fourth-order valence-corrected chi connectivity index (χ4v) is 5.08. The number of ether oxygens (including phenoxy) is 4. The fraction of sp³-hybridized carbons (Fsp3) is 0.516. The number of allylic oxidation sites excluding steroid dienone is 1. The number of rotatable bonds is 12. The molecule has 0 radical (unpaired) electrons. The number of methoxy groups -OCH3 is 1. The van der Waals surface area contributed by atoms with E-state index in [0.29, 0.717) is 44.5 Å². The molecule has 1 fully saturated rings. The van der Waals surface area contributed by atoms with Crippen molar-refractivity contribution in [2.75, 3.05) is 13.7 Å². The summed E-state index contributed by atoms with van der Waals surface area (Å²) >= 11 is 0. The van der Waals surface area contributed by atoms with Gasteiger partial charge in [0.2, 0.25) is 0 Å². The third-order valence-corrected chi connectivity index (χ3v) is 7.32. The van der Waals surface area contributed by atoms with E-state index in [1.54, 1.807) is 7.11 Å². The molecule has 1 saturated heterocycles. The van der Waals surface area contributed by atoms with Gasteiger partial charge < -0.3 is 18.9 Å². The van der Waals surface area contributed by atoms with Gasteiger partial charge in [-0.05, 0) is 66.4 Å². The summed E-state index contributed by atoms with van der Waals surface area (Å²) in [4.78, 5) is 12.8.